The van der Waals surface area contributed by atoms with E-state index in [1.807, 2.05) is 30.5 Å². The summed E-state index contributed by atoms with van der Waals surface area (Å²) in [6.07, 6.45) is -1.29. The number of nitrogens with one attached hydrogen (secondary N) is 2. The summed E-state index contributed by atoms with van der Waals surface area (Å²) in [6.45, 7) is 8.61. The number of fused-ring (bicyclic) bond motifs is 1. The van der Waals surface area contributed by atoms with Crippen molar-refractivity contribution in [2.75, 3.05) is 17.8 Å². The molecule has 0 spiro atoms. The number of amides is 3. The number of rotatable bonds is 10. The first-order valence-corrected chi connectivity index (χ1v) is 15.6. The maximum absolute atomic E-state index is 13.0. The van der Waals surface area contributed by atoms with Gasteiger partial charge in [-0.2, -0.15) is 4.98 Å². The second-order valence-corrected chi connectivity index (χ2v) is 13.4. The number of carbonyl (C=O) groups excluding carboxylic acids is 3. The van der Waals surface area contributed by atoms with Crippen LogP contribution in [0, 0.1) is 0 Å². The highest BCUT2D eigenvalue weighted by atomic mass is 32.2. The van der Waals surface area contributed by atoms with Crippen LogP contribution >= 0.6 is 0 Å². The first-order valence-electron chi connectivity index (χ1n) is 13.9. The van der Waals surface area contributed by atoms with Crippen LogP contribution < -0.4 is 20.5 Å². The largest absolute Gasteiger partial charge is 0.459 e. The zero-order chi connectivity index (χ0) is 31.5. The molecule has 3 amide bonds. The van der Waals surface area contributed by atoms with E-state index in [2.05, 4.69) is 15.0 Å². The third kappa shape index (κ3) is 7.95. The molecule has 4 N–H and O–H groups in total. The summed E-state index contributed by atoms with van der Waals surface area (Å²) in [5, 5.41) is 2.40. The summed E-state index contributed by atoms with van der Waals surface area (Å²) in [4.78, 5) is 43.1. The molecule has 0 aliphatic carbocycles. The number of aromatic nitrogens is 2. The molecule has 2 heterocycles. The number of carbonyl (C=O) groups is 3. The highest BCUT2D eigenvalue weighted by molar-refractivity contribution is 7.91. The zero-order valence-corrected chi connectivity index (χ0v) is 25.7. The van der Waals surface area contributed by atoms with Crippen molar-refractivity contribution in [3.05, 3.63) is 54.1 Å². The lowest BCUT2D eigenvalue weighted by Gasteiger charge is -2.23. The fourth-order valence-electron chi connectivity index (χ4n) is 4.90. The molecule has 1 aliphatic rings. The molecule has 1 saturated heterocycles. The number of ether oxygens (including phenoxy) is 2. The van der Waals surface area contributed by atoms with Crippen molar-refractivity contribution >= 4 is 44.7 Å². The van der Waals surface area contributed by atoms with Crippen molar-refractivity contribution in [1.29, 1.82) is 0 Å². The number of anilines is 1. The Balaban J connectivity index is 1.54. The predicted molar refractivity (Wildman–Crippen MR) is 161 cm³/mol. The van der Waals surface area contributed by atoms with Gasteiger partial charge in [-0.3, -0.25) is 18.9 Å². The maximum Gasteiger partial charge on any atom is 0.408 e. The molecule has 0 radical (unpaired) electrons. The number of para-hydroxylation sites is 1. The van der Waals surface area contributed by atoms with Crippen molar-refractivity contribution < 1.29 is 32.3 Å². The van der Waals surface area contributed by atoms with Crippen LogP contribution in [0.1, 0.15) is 52.6 Å². The number of nitrogens with two attached hydrogens (primary N) is 1. The van der Waals surface area contributed by atoms with Crippen LogP contribution in [-0.2, 0) is 30.1 Å². The molecule has 2 aromatic carbocycles. The van der Waals surface area contributed by atoms with Crippen LogP contribution in [-0.4, -0.2) is 71.6 Å². The Morgan fingerprint density at radius 2 is 1.79 bits per heavy atom. The summed E-state index contributed by atoms with van der Waals surface area (Å²) >= 11 is 0. The topological polar surface area (TPSA) is 175 Å². The average molecular weight is 615 g/mol. The smallest absolute Gasteiger partial charge is 0.408 e. The molecule has 43 heavy (non-hydrogen) atoms. The molecule has 13 nitrogen and oxygen atoms in total. The van der Waals surface area contributed by atoms with Gasteiger partial charge in [0.1, 0.15) is 29.8 Å². The monoisotopic (exact) mass is 614 g/mol. The van der Waals surface area contributed by atoms with Gasteiger partial charge >= 0.3 is 6.09 Å². The van der Waals surface area contributed by atoms with Crippen LogP contribution in [0.15, 0.2) is 48.5 Å². The Kier molecular flexibility index (Phi) is 9.18. The van der Waals surface area contributed by atoms with Gasteiger partial charge in [0.2, 0.25) is 21.8 Å². The first kappa shape index (κ1) is 31.6. The van der Waals surface area contributed by atoms with Gasteiger partial charge in [0.05, 0.1) is 23.5 Å². The molecule has 2 atom stereocenters. The fourth-order valence-corrected chi connectivity index (χ4v) is 6.10. The number of primary amides is 1. The van der Waals surface area contributed by atoms with Gasteiger partial charge in [-0.05, 0) is 52.3 Å². The highest BCUT2D eigenvalue weighted by Gasteiger charge is 2.40. The van der Waals surface area contributed by atoms with Crippen LogP contribution in [0.3, 0.4) is 0 Å². The summed E-state index contributed by atoms with van der Waals surface area (Å²) in [5.74, 6) is -1.43. The molecule has 1 unspecified atom stereocenters. The number of likely N-dealkylation sites (tertiary alicyclic amines) is 1. The van der Waals surface area contributed by atoms with E-state index in [0.29, 0.717) is 22.3 Å². The van der Waals surface area contributed by atoms with Crippen molar-refractivity contribution in [2.24, 2.45) is 5.73 Å². The van der Waals surface area contributed by atoms with Crippen molar-refractivity contribution in [1.82, 2.24) is 19.8 Å². The van der Waals surface area contributed by atoms with E-state index in [0.717, 1.165) is 0 Å². The molecule has 0 bridgehead atoms. The van der Waals surface area contributed by atoms with E-state index >= 15 is 0 Å². The van der Waals surface area contributed by atoms with Gasteiger partial charge in [-0.1, -0.05) is 36.4 Å². The van der Waals surface area contributed by atoms with Crippen LogP contribution in [0.5, 0.6) is 6.01 Å². The van der Waals surface area contributed by atoms with Gasteiger partial charge < -0.3 is 25.4 Å². The van der Waals surface area contributed by atoms with Crippen molar-refractivity contribution in [2.45, 2.75) is 70.6 Å². The maximum atomic E-state index is 13.0. The first-order chi connectivity index (χ1) is 20.1. The number of imidazole rings is 1. The van der Waals surface area contributed by atoms with Crippen LogP contribution in [0.25, 0.3) is 11.0 Å². The fraction of sp³-hybridized carbons (Fsp3) is 0.448. The molecule has 0 saturated carbocycles. The lowest BCUT2D eigenvalue weighted by atomic mass is 10.2. The average Bonchev–Trinajstić information content (AvgIpc) is 3.49. The normalized spacial score (nSPS) is 17.2. The second-order valence-electron chi connectivity index (χ2n) is 11.7. The third-order valence-electron chi connectivity index (χ3n) is 6.64. The van der Waals surface area contributed by atoms with Crippen molar-refractivity contribution in [3.63, 3.8) is 0 Å². The molecule has 14 heteroatoms. The third-order valence-corrected chi connectivity index (χ3v) is 7.88. The molecule has 232 valence electrons. The van der Waals surface area contributed by atoms with Gasteiger partial charge in [0.15, 0.2) is 0 Å². The molecule has 4 rings (SSSR count). The Labute approximate surface area is 250 Å². The molecular weight excluding hydrogens is 576 g/mol. The minimum atomic E-state index is -3.76. The Morgan fingerprint density at radius 1 is 1.09 bits per heavy atom. The predicted octanol–water partition coefficient (Wildman–Crippen LogP) is 2.92. The number of alkyl carbamates (subject to hydrolysis) is 1. The SMILES string of the molecule is CC(C)n1c(OC2C[C@@H](C(N)=O)N(C(=O)CNC(=O)OC(C)(C)C)C2)nc2c(NS(=O)(=O)Cc3ccccc3)cccc21. The van der Waals surface area contributed by atoms with E-state index in [4.69, 9.17) is 15.2 Å². The molecular formula is C29H38N6O7S. The minimum Gasteiger partial charge on any atom is -0.459 e. The van der Waals surface area contributed by atoms with Crippen molar-refractivity contribution in [3.8, 4) is 6.01 Å². The lowest BCUT2D eigenvalue weighted by molar-refractivity contribution is -0.136. The Bertz CT molecular complexity index is 1600. The standard InChI is InChI=1S/C29H38N6O7S/c1-18(2)35-22-13-9-12-21(33-43(39,40)17-19-10-7-6-8-11-19)25(22)32-27(35)41-20-14-23(26(30)37)34(16-20)24(36)15-31-28(38)42-29(3,4)5/h6-13,18,20,23,33H,14-17H2,1-5H3,(H2,30,37)(H,31,38)/t20?,23-/m0/s1. The van der Waals surface area contributed by atoms with Gasteiger partial charge in [-0.15, -0.1) is 0 Å². The van der Waals surface area contributed by atoms with Gasteiger partial charge in [0.25, 0.3) is 6.01 Å². The molecule has 1 aliphatic heterocycles. The second kappa shape index (κ2) is 12.5. The number of hydrogen-bond acceptors (Lipinski definition) is 8. The summed E-state index contributed by atoms with van der Waals surface area (Å²) in [7, 11) is -3.76. The highest BCUT2D eigenvalue weighted by Crippen LogP contribution is 2.33. The van der Waals surface area contributed by atoms with Crippen LogP contribution in [0.2, 0.25) is 0 Å². The minimum absolute atomic E-state index is 0.0281. The Hall–Kier alpha value is -4.33. The summed E-state index contributed by atoms with van der Waals surface area (Å²) in [6, 6.07) is 13.1. The number of hydrogen-bond donors (Lipinski definition) is 3. The number of nitrogens with zero attached hydrogens (tertiary/aromatic N) is 3. The van der Waals surface area contributed by atoms with Gasteiger partial charge in [-0.25, -0.2) is 13.2 Å². The van der Waals surface area contributed by atoms with E-state index in [1.165, 1.54) is 4.90 Å². The molecule has 3 aromatic rings. The molecule has 1 aromatic heterocycles. The zero-order valence-electron chi connectivity index (χ0n) is 24.9. The quantitative estimate of drug-likeness (QED) is 0.312. The number of sulfonamides is 1. The molecule has 1 fully saturated rings. The van der Waals surface area contributed by atoms with Crippen LogP contribution in [0.4, 0.5) is 10.5 Å². The summed E-state index contributed by atoms with van der Waals surface area (Å²) in [5.41, 5.74) is 6.84. The van der Waals surface area contributed by atoms with E-state index in [-0.39, 0.29) is 37.3 Å². The Morgan fingerprint density at radius 3 is 2.42 bits per heavy atom. The number of benzene rings is 2. The van der Waals surface area contributed by atoms with E-state index in [9.17, 15) is 22.8 Å². The van der Waals surface area contributed by atoms with E-state index in [1.54, 1.807) is 57.2 Å². The summed E-state index contributed by atoms with van der Waals surface area (Å²) < 4.78 is 41.9. The lowest BCUT2D eigenvalue weighted by Crippen LogP contribution is -2.48. The van der Waals surface area contributed by atoms with E-state index < -0.39 is 45.7 Å². The van der Waals surface area contributed by atoms with Gasteiger partial charge in [0, 0.05) is 12.5 Å².